The van der Waals surface area contributed by atoms with Crippen LogP contribution in [0.2, 0.25) is 0 Å². The predicted molar refractivity (Wildman–Crippen MR) is 152 cm³/mol. The summed E-state index contributed by atoms with van der Waals surface area (Å²) in [5, 5.41) is 11.3. The van der Waals surface area contributed by atoms with Gasteiger partial charge in [0.1, 0.15) is 23.9 Å². The van der Waals surface area contributed by atoms with Crippen LogP contribution in [-0.2, 0) is 16.2 Å². The number of carbonyl (C=O) groups excluding carboxylic acids is 2. The molecule has 1 fully saturated rings. The molecule has 0 saturated carbocycles. The van der Waals surface area contributed by atoms with Crippen LogP contribution in [0.4, 0.5) is 0 Å². The van der Waals surface area contributed by atoms with Gasteiger partial charge >= 0.3 is 0 Å². The van der Waals surface area contributed by atoms with Gasteiger partial charge in [0.15, 0.2) is 0 Å². The maximum absolute atomic E-state index is 13.3. The Morgan fingerprint density at radius 2 is 1.62 bits per heavy atom. The van der Waals surface area contributed by atoms with Gasteiger partial charge in [-0.05, 0) is 88.4 Å². The molecule has 1 aliphatic rings. The van der Waals surface area contributed by atoms with Gasteiger partial charge in [-0.15, -0.1) is 0 Å². The van der Waals surface area contributed by atoms with E-state index in [1.54, 1.807) is 29.2 Å². The van der Waals surface area contributed by atoms with Crippen molar-refractivity contribution in [3.63, 3.8) is 0 Å². The number of rotatable bonds is 11. The first kappa shape index (κ1) is 27.9. The number of ether oxygens (including phenoxy) is 2. The fraction of sp³-hybridized carbons (Fsp3) is 0.312. The van der Waals surface area contributed by atoms with Gasteiger partial charge < -0.3 is 24.4 Å². The summed E-state index contributed by atoms with van der Waals surface area (Å²) in [5.41, 5.74) is 3.49. The Hall–Kier alpha value is -4.10. The van der Waals surface area contributed by atoms with E-state index in [0.717, 1.165) is 23.2 Å². The molecule has 1 heterocycles. The average Bonchev–Trinajstić information content (AvgIpc) is 3.17. The first-order valence-electron chi connectivity index (χ1n) is 13.2. The topological polar surface area (TPSA) is 79.3 Å². The Balaban J connectivity index is 1.63. The molecule has 204 valence electrons. The molecule has 1 aliphatic heterocycles. The van der Waals surface area contributed by atoms with Gasteiger partial charge in [-0.1, -0.05) is 42.0 Å². The minimum absolute atomic E-state index is 0.0856. The van der Waals surface area contributed by atoms with Crippen LogP contribution in [0.5, 0.6) is 11.5 Å². The number of hydrogen-bond acceptors (Lipinski definition) is 6. The van der Waals surface area contributed by atoms with E-state index in [9.17, 15) is 14.7 Å². The van der Waals surface area contributed by atoms with Gasteiger partial charge in [0.25, 0.3) is 11.7 Å². The molecule has 7 nitrogen and oxygen atoms in total. The maximum atomic E-state index is 13.3. The fourth-order valence-corrected chi connectivity index (χ4v) is 4.76. The van der Waals surface area contributed by atoms with Crippen molar-refractivity contribution in [3.05, 3.63) is 101 Å². The Labute approximate surface area is 230 Å². The summed E-state index contributed by atoms with van der Waals surface area (Å²) in [6.07, 6.45) is 0.695. The number of ketones is 1. The van der Waals surface area contributed by atoms with Gasteiger partial charge in [-0.2, -0.15) is 0 Å². The standard InChI is InChI=1S/C32H36N2O5/c1-5-38-26-14-10-24(11-15-26)29-28(31(36)32(37)34(29)19-7-18-33(3)4)30(35)25-12-16-27(17-13-25)39-21-23-9-6-8-22(2)20-23/h6,8-17,20,29,35H,5,7,18-19,21H2,1-4H3/b30-28+/t29-/m1/s1. The minimum Gasteiger partial charge on any atom is -0.507 e. The summed E-state index contributed by atoms with van der Waals surface area (Å²) in [7, 11) is 3.93. The SMILES string of the molecule is CCOc1ccc([C@@H]2/C(=C(\O)c3ccc(OCc4cccc(C)c4)cc3)C(=O)C(=O)N2CCCN(C)C)cc1. The van der Waals surface area contributed by atoms with Crippen LogP contribution >= 0.6 is 0 Å². The zero-order chi connectivity index (χ0) is 27.9. The van der Waals surface area contributed by atoms with Crippen LogP contribution in [0, 0.1) is 6.92 Å². The molecule has 3 aromatic rings. The third-order valence-corrected chi connectivity index (χ3v) is 6.67. The monoisotopic (exact) mass is 528 g/mol. The van der Waals surface area contributed by atoms with E-state index < -0.39 is 17.7 Å². The zero-order valence-electron chi connectivity index (χ0n) is 23.0. The normalized spacial score (nSPS) is 16.6. The molecule has 0 radical (unpaired) electrons. The van der Waals surface area contributed by atoms with Gasteiger partial charge in [-0.25, -0.2) is 0 Å². The number of hydrogen-bond donors (Lipinski definition) is 1. The molecular weight excluding hydrogens is 492 g/mol. The van der Waals surface area contributed by atoms with Gasteiger partial charge in [0.05, 0.1) is 18.2 Å². The lowest BCUT2D eigenvalue weighted by Gasteiger charge is -2.26. The van der Waals surface area contributed by atoms with Crippen LogP contribution in [-0.4, -0.2) is 60.4 Å². The smallest absolute Gasteiger partial charge is 0.295 e. The minimum atomic E-state index is -0.694. The Bertz CT molecular complexity index is 1330. The molecule has 1 N–H and O–H groups in total. The lowest BCUT2D eigenvalue weighted by molar-refractivity contribution is -0.139. The molecule has 0 spiro atoms. The number of aliphatic hydroxyl groups is 1. The molecule has 0 unspecified atom stereocenters. The summed E-state index contributed by atoms with van der Waals surface area (Å²) < 4.78 is 11.5. The van der Waals surface area contributed by atoms with Crippen LogP contribution in [0.1, 0.15) is 41.6 Å². The van der Waals surface area contributed by atoms with Crippen molar-refractivity contribution in [1.82, 2.24) is 9.80 Å². The van der Waals surface area contributed by atoms with E-state index in [1.165, 1.54) is 0 Å². The van der Waals surface area contributed by atoms with Crippen LogP contribution < -0.4 is 9.47 Å². The molecule has 1 amide bonds. The number of benzene rings is 3. The van der Waals surface area contributed by atoms with Crippen molar-refractivity contribution in [2.24, 2.45) is 0 Å². The molecule has 4 rings (SSSR count). The van der Waals surface area contributed by atoms with Gasteiger partial charge in [0, 0.05) is 12.1 Å². The quantitative estimate of drug-likeness (QED) is 0.205. The van der Waals surface area contributed by atoms with Gasteiger partial charge in [-0.3, -0.25) is 9.59 Å². The molecular formula is C32H36N2O5. The fourth-order valence-electron chi connectivity index (χ4n) is 4.76. The number of Topliss-reactive ketones (excluding diaryl/α,β-unsaturated/α-hetero) is 1. The highest BCUT2D eigenvalue weighted by molar-refractivity contribution is 6.46. The Morgan fingerprint density at radius 1 is 0.949 bits per heavy atom. The number of aryl methyl sites for hydroxylation is 1. The average molecular weight is 529 g/mol. The second kappa shape index (κ2) is 12.6. The number of aliphatic hydroxyl groups excluding tert-OH is 1. The van der Waals surface area contributed by atoms with Crippen molar-refractivity contribution in [2.45, 2.75) is 32.9 Å². The van der Waals surface area contributed by atoms with Crippen molar-refractivity contribution in [2.75, 3.05) is 33.8 Å². The Morgan fingerprint density at radius 3 is 2.26 bits per heavy atom. The lowest BCUT2D eigenvalue weighted by Crippen LogP contribution is -2.32. The van der Waals surface area contributed by atoms with Crippen molar-refractivity contribution < 1.29 is 24.2 Å². The van der Waals surface area contributed by atoms with E-state index in [1.807, 2.05) is 75.3 Å². The molecule has 1 atom stereocenters. The summed E-state index contributed by atoms with van der Waals surface area (Å²) in [4.78, 5) is 30.0. The second-order valence-corrected chi connectivity index (χ2v) is 9.95. The molecule has 0 aromatic heterocycles. The summed E-state index contributed by atoms with van der Waals surface area (Å²) in [5.74, 6) is -0.150. The molecule has 7 heteroatoms. The first-order valence-corrected chi connectivity index (χ1v) is 13.2. The predicted octanol–water partition coefficient (Wildman–Crippen LogP) is 5.35. The summed E-state index contributed by atoms with van der Waals surface area (Å²) in [6, 6.07) is 21.6. The molecule has 1 saturated heterocycles. The van der Waals surface area contributed by atoms with E-state index in [2.05, 4.69) is 6.07 Å². The zero-order valence-corrected chi connectivity index (χ0v) is 23.0. The van der Waals surface area contributed by atoms with Crippen LogP contribution in [0.3, 0.4) is 0 Å². The van der Waals surface area contributed by atoms with Crippen molar-refractivity contribution in [3.8, 4) is 11.5 Å². The summed E-state index contributed by atoms with van der Waals surface area (Å²) in [6.45, 7) is 6.06. The highest BCUT2D eigenvalue weighted by atomic mass is 16.5. The van der Waals surface area contributed by atoms with Crippen LogP contribution in [0.15, 0.2) is 78.4 Å². The largest absolute Gasteiger partial charge is 0.507 e. The molecule has 0 bridgehead atoms. The number of likely N-dealkylation sites (tertiary alicyclic amines) is 1. The van der Waals surface area contributed by atoms with Crippen molar-refractivity contribution >= 4 is 17.4 Å². The van der Waals surface area contributed by atoms with Crippen molar-refractivity contribution in [1.29, 1.82) is 0 Å². The molecule has 3 aromatic carbocycles. The molecule has 0 aliphatic carbocycles. The lowest BCUT2D eigenvalue weighted by atomic mass is 9.95. The number of amides is 1. The highest BCUT2D eigenvalue weighted by Crippen LogP contribution is 2.40. The number of nitrogens with zero attached hydrogens (tertiary/aromatic N) is 2. The Kier molecular flexibility index (Phi) is 9.04. The summed E-state index contributed by atoms with van der Waals surface area (Å²) >= 11 is 0. The van der Waals surface area contributed by atoms with E-state index >= 15 is 0 Å². The number of carbonyl (C=O) groups is 2. The van der Waals surface area contributed by atoms with Crippen LogP contribution in [0.25, 0.3) is 5.76 Å². The first-order chi connectivity index (χ1) is 18.8. The second-order valence-electron chi connectivity index (χ2n) is 9.95. The third kappa shape index (κ3) is 6.67. The highest BCUT2D eigenvalue weighted by Gasteiger charge is 2.45. The van der Waals surface area contributed by atoms with E-state index in [4.69, 9.17) is 9.47 Å². The maximum Gasteiger partial charge on any atom is 0.295 e. The van der Waals surface area contributed by atoms with E-state index in [-0.39, 0.29) is 11.3 Å². The van der Waals surface area contributed by atoms with Gasteiger partial charge in [0.2, 0.25) is 0 Å². The third-order valence-electron chi connectivity index (χ3n) is 6.67. The molecule has 39 heavy (non-hydrogen) atoms. The van der Waals surface area contributed by atoms with E-state index in [0.29, 0.717) is 43.2 Å².